The molecular formula is C25H32N2O6S. The molecule has 0 saturated carbocycles. The van der Waals surface area contributed by atoms with Gasteiger partial charge in [0.1, 0.15) is 22.8 Å². The van der Waals surface area contributed by atoms with E-state index in [1.165, 1.54) is 11.4 Å². The lowest BCUT2D eigenvalue weighted by molar-refractivity contribution is -0.127. The highest BCUT2D eigenvalue weighted by molar-refractivity contribution is 7.89. The van der Waals surface area contributed by atoms with Crippen molar-refractivity contribution >= 4 is 15.9 Å². The van der Waals surface area contributed by atoms with Crippen LogP contribution in [0.1, 0.15) is 44.7 Å². The number of sulfonamides is 1. The van der Waals surface area contributed by atoms with Gasteiger partial charge in [0.25, 0.3) is 0 Å². The first-order valence-electron chi connectivity index (χ1n) is 11.4. The van der Waals surface area contributed by atoms with Crippen molar-refractivity contribution in [3.05, 3.63) is 48.0 Å². The second kappa shape index (κ2) is 9.46. The van der Waals surface area contributed by atoms with Crippen molar-refractivity contribution in [3.8, 4) is 17.2 Å². The molecule has 0 radical (unpaired) electrons. The van der Waals surface area contributed by atoms with E-state index in [1.807, 2.05) is 32.0 Å². The maximum absolute atomic E-state index is 13.2. The third kappa shape index (κ3) is 5.00. The van der Waals surface area contributed by atoms with Gasteiger partial charge < -0.3 is 19.5 Å². The minimum atomic E-state index is -3.61. The topological polar surface area (TPSA) is 94.2 Å². The summed E-state index contributed by atoms with van der Waals surface area (Å²) >= 11 is 0. The Bertz CT molecular complexity index is 1140. The summed E-state index contributed by atoms with van der Waals surface area (Å²) < 4.78 is 44.0. The second-order valence-electron chi connectivity index (χ2n) is 9.38. The fourth-order valence-corrected chi connectivity index (χ4v) is 6.10. The fourth-order valence-electron chi connectivity index (χ4n) is 4.63. The van der Waals surface area contributed by atoms with Crippen LogP contribution in [0.4, 0.5) is 0 Å². The van der Waals surface area contributed by atoms with E-state index in [9.17, 15) is 13.2 Å². The van der Waals surface area contributed by atoms with E-state index in [4.69, 9.17) is 14.2 Å². The third-order valence-electron chi connectivity index (χ3n) is 6.51. The van der Waals surface area contributed by atoms with Gasteiger partial charge in [0.15, 0.2) is 0 Å². The van der Waals surface area contributed by atoms with Crippen LogP contribution < -0.4 is 19.5 Å². The van der Waals surface area contributed by atoms with E-state index in [1.54, 1.807) is 31.4 Å². The van der Waals surface area contributed by atoms with E-state index in [0.717, 1.165) is 11.3 Å². The quantitative estimate of drug-likeness (QED) is 0.669. The normalized spacial score (nSPS) is 20.6. The smallest absolute Gasteiger partial charge is 0.243 e. The van der Waals surface area contributed by atoms with E-state index >= 15 is 0 Å². The van der Waals surface area contributed by atoms with E-state index in [2.05, 4.69) is 5.32 Å². The molecule has 0 bridgehead atoms. The monoisotopic (exact) mass is 488 g/mol. The summed E-state index contributed by atoms with van der Waals surface area (Å²) in [6, 6.07) is 11.8. The van der Waals surface area contributed by atoms with Crippen molar-refractivity contribution in [3.63, 3.8) is 0 Å². The molecule has 0 aromatic heterocycles. The highest BCUT2D eigenvalue weighted by Crippen LogP contribution is 2.41. The van der Waals surface area contributed by atoms with Gasteiger partial charge >= 0.3 is 0 Å². The number of ether oxygens (including phenoxy) is 3. The number of hydrogen-bond donors (Lipinski definition) is 1. The van der Waals surface area contributed by atoms with Crippen LogP contribution >= 0.6 is 0 Å². The molecule has 2 heterocycles. The minimum absolute atomic E-state index is 0.0574. The van der Waals surface area contributed by atoms with Crippen molar-refractivity contribution in [1.29, 1.82) is 0 Å². The zero-order chi connectivity index (χ0) is 24.5. The number of hydrogen-bond acceptors (Lipinski definition) is 6. The predicted octanol–water partition coefficient (Wildman–Crippen LogP) is 3.52. The first kappa shape index (κ1) is 24.3. The summed E-state index contributed by atoms with van der Waals surface area (Å²) in [5, 5.41) is 3.19. The summed E-state index contributed by atoms with van der Waals surface area (Å²) in [7, 11) is -0.465. The van der Waals surface area contributed by atoms with Crippen LogP contribution in [0.5, 0.6) is 17.2 Å². The molecule has 1 fully saturated rings. The fraction of sp³-hybridized carbons (Fsp3) is 0.480. The van der Waals surface area contributed by atoms with Crippen LogP contribution in [0.15, 0.2) is 47.4 Å². The molecule has 0 aliphatic carbocycles. The van der Waals surface area contributed by atoms with Crippen molar-refractivity contribution in [2.45, 2.75) is 49.6 Å². The van der Waals surface area contributed by atoms with Gasteiger partial charge in [0.2, 0.25) is 15.9 Å². The van der Waals surface area contributed by atoms with Gasteiger partial charge in [-0.1, -0.05) is 0 Å². The number of carbonyl (C=O) groups excluding carboxylic acids is 1. The van der Waals surface area contributed by atoms with E-state index in [0.29, 0.717) is 43.9 Å². The number of nitrogens with zero attached hydrogens (tertiary/aromatic N) is 1. The molecule has 8 nitrogen and oxygen atoms in total. The predicted molar refractivity (Wildman–Crippen MR) is 128 cm³/mol. The number of piperidine rings is 1. The molecule has 9 heteroatoms. The summed E-state index contributed by atoms with van der Waals surface area (Å²) in [6.45, 7) is 4.61. The first-order chi connectivity index (χ1) is 16.1. The molecule has 2 aliphatic rings. The lowest BCUT2D eigenvalue weighted by Gasteiger charge is -2.39. The number of methoxy groups -OCH3 is 2. The zero-order valence-corrected chi connectivity index (χ0v) is 20.9. The van der Waals surface area contributed by atoms with Gasteiger partial charge in [-0.2, -0.15) is 4.31 Å². The highest BCUT2D eigenvalue weighted by atomic mass is 32.2. The zero-order valence-electron chi connectivity index (χ0n) is 20.0. The number of rotatable bonds is 6. The lowest BCUT2D eigenvalue weighted by atomic mass is 9.88. The maximum Gasteiger partial charge on any atom is 0.243 e. The molecular weight excluding hydrogens is 456 g/mol. The Morgan fingerprint density at radius 3 is 2.26 bits per heavy atom. The van der Waals surface area contributed by atoms with Gasteiger partial charge in [-0.05, 0) is 69.2 Å². The number of nitrogens with one attached hydrogen (secondary N) is 1. The number of benzene rings is 2. The second-order valence-corrected chi connectivity index (χ2v) is 11.3. The van der Waals surface area contributed by atoms with E-state index < -0.39 is 15.6 Å². The average Bonchev–Trinajstić information content (AvgIpc) is 2.83. The van der Waals surface area contributed by atoms with Crippen LogP contribution in [0.2, 0.25) is 0 Å². The molecule has 0 unspecified atom stereocenters. The molecule has 4 rings (SSSR count). The molecule has 1 atom stereocenters. The van der Waals surface area contributed by atoms with Gasteiger partial charge in [-0.25, -0.2) is 8.42 Å². The Labute approximate surface area is 201 Å². The Kier molecular flexibility index (Phi) is 6.78. The number of fused-ring (bicyclic) bond motifs is 1. The first-order valence-corrected chi connectivity index (χ1v) is 12.9. The minimum Gasteiger partial charge on any atom is -0.497 e. The lowest BCUT2D eigenvalue weighted by Crippen LogP contribution is -2.46. The Balaban J connectivity index is 1.42. The van der Waals surface area contributed by atoms with Crippen LogP contribution in [0, 0.1) is 5.92 Å². The molecule has 34 heavy (non-hydrogen) atoms. The number of amides is 1. The summed E-state index contributed by atoms with van der Waals surface area (Å²) in [5.41, 5.74) is 0.474. The van der Waals surface area contributed by atoms with Gasteiger partial charge in [0, 0.05) is 31.0 Å². The van der Waals surface area contributed by atoms with Gasteiger partial charge in [-0.15, -0.1) is 0 Å². The highest BCUT2D eigenvalue weighted by Gasteiger charge is 2.37. The van der Waals surface area contributed by atoms with Crippen LogP contribution in [-0.2, 0) is 14.8 Å². The van der Waals surface area contributed by atoms with Crippen molar-refractivity contribution in [2.24, 2.45) is 5.92 Å². The van der Waals surface area contributed by atoms with Gasteiger partial charge in [0.05, 0.1) is 25.2 Å². The Morgan fingerprint density at radius 1 is 1.03 bits per heavy atom. The van der Waals surface area contributed by atoms with Crippen LogP contribution in [0.25, 0.3) is 0 Å². The SMILES string of the molecule is COc1ccc(S(=O)(=O)N2CCC(C(=O)N[C@@H]3CC(C)(C)Oc4ccc(OC)cc43)CC2)cc1. The summed E-state index contributed by atoms with van der Waals surface area (Å²) in [4.78, 5) is 13.4. The van der Waals surface area contributed by atoms with Crippen molar-refractivity contribution < 1.29 is 27.4 Å². The molecule has 2 aromatic carbocycles. The van der Waals surface area contributed by atoms with Crippen molar-refractivity contribution in [2.75, 3.05) is 27.3 Å². The molecule has 0 spiro atoms. The molecule has 1 amide bonds. The Morgan fingerprint density at radius 2 is 1.65 bits per heavy atom. The van der Waals surface area contributed by atoms with E-state index in [-0.39, 0.29) is 22.8 Å². The summed E-state index contributed by atoms with van der Waals surface area (Å²) in [5.74, 6) is 1.74. The molecule has 2 aromatic rings. The molecule has 1 N–H and O–H groups in total. The standard InChI is InChI=1S/C25H32N2O6S/c1-25(2)16-22(21-15-19(32-4)7-10-23(21)33-25)26-24(28)17-11-13-27(14-12-17)34(29,30)20-8-5-18(31-3)6-9-20/h5-10,15,17,22H,11-14,16H2,1-4H3,(H,26,28)/t22-/m1/s1. The average molecular weight is 489 g/mol. The van der Waals surface area contributed by atoms with Gasteiger partial charge in [-0.3, -0.25) is 4.79 Å². The molecule has 2 aliphatic heterocycles. The third-order valence-corrected chi connectivity index (χ3v) is 8.43. The van der Waals surface area contributed by atoms with Crippen molar-refractivity contribution in [1.82, 2.24) is 9.62 Å². The summed E-state index contributed by atoms with van der Waals surface area (Å²) in [6.07, 6.45) is 1.57. The van der Waals surface area contributed by atoms with Crippen LogP contribution in [-0.4, -0.2) is 51.5 Å². The largest absolute Gasteiger partial charge is 0.497 e. The number of carbonyl (C=O) groups is 1. The van der Waals surface area contributed by atoms with Crippen LogP contribution in [0.3, 0.4) is 0 Å². The molecule has 184 valence electrons. The molecule has 1 saturated heterocycles. The Hall–Kier alpha value is -2.78. The maximum atomic E-state index is 13.2.